The van der Waals surface area contributed by atoms with Gasteiger partial charge in [0.15, 0.2) is 11.2 Å². The fourth-order valence-electron chi connectivity index (χ4n) is 3.33. The van der Waals surface area contributed by atoms with Crippen LogP contribution in [0.3, 0.4) is 0 Å². The molecule has 14 heteroatoms. The SMILES string of the molecule is NCCC[C@H](NC(=O)[C@@H](N)CCCNC(=O)OCCCCCn1cnc2c(=O)[nH]cnc21)C(=O)O. The second-order valence-electron chi connectivity index (χ2n) is 8.04. The molecule has 0 saturated carbocycles. The van der Waals surface area contributed by atoms with E-state index in [2.05, 4.69) is 25.6 Å². The van der Waals surface area contributed by atoms with E-state index >= 15 is 0 Å². The first kappa shape index (κ1) is 27.7. The Labute approximate surface area is 201 Å². The molecule has 0 spiro atoms. The molecule has 0 bridgehead atoms. The lowest BCUT2D eigenvalue weighted by molar-refractivity contribution is -0.142. The largest absolute Gasteiger partial charge is 0.480 e. The van der Waals surface area contributed by atoms with Crippen molar-refractivity contribution in [3.63, 3.8) is 0 Å². The highest BCUT2D eigenvalue weighted by atomic mass is 16.5. The molecule has 0 aliphatic rings. The van der Waals surface area contributed by atoms with Crippen LogP contribution in [0.25, 0.3) is 11.2 Å². The molecule has 35 heavy (non-hydrogen) atoms. The van der Waals surface area contributed by atoms with Gasteiger partial charge in [-0.05, 0) is 51.5 Å². The van der Waals surface area contributed by atoms with E-state index in [0.29, 0.717) is 43.5 Å². The van der Waals surface area contributed by atoms with Crippen molar-refractivity contribution in [3.05, 3.63) is 23.0 Å². The van der Waals surface area contributed by atoms with Gasteiger partial charge < -0.3 is 41.5 Å². The van der Waals surface area contributed by atoms with Crippen LogP contribution in [0, 0.1) is 0 Å². The van der Waals surface area contributed by atoms with Gasteiger partial charge in [0.2, 0.25) is 5.91 Å². The van der Waals surface area contributed by atoms with Crippen molar-refractivity contribution in [1.82, 2.24) is 30.2 Å². The number of ether oxygens (including phenoxy) is 1. The fourth-order valence-corrected chi connectivity index (χ4v) is 3.33. The van der Waals surface area contributed by atoms with Crippen LogP contribution in [-0.2, 0) is 20.9 Å². The summed E-state index contributed by atoms with van der Waals surface area (Å²) >= 11 is 0. The average Bonchev–Trinajstić information content (AvgIpc) is 3.25. The molecule has 2 atom stereocenters. The van der Waals surface area contributed by atoms with Gasteiger partial charge in [-0.15, -0.1) is 0 Å². The number of carboxylic acids is 1. The number of carbonyl (C=O) groups excluding carboxylic acids is 2. The number of imidazole rings is 1. The van der Waals surface area contributed by atoms with E-state index in [1.54, 1.807) is 6.33 Å². The number of aromatic amines is 1. The van der Waals surface area contributed by atoms with E-state index in [1.807, 2.05) is 4.57 Å². The zero-order valence-electron chi connectivity index (χ0n) is 19.6. The number of aryl methyl sites for hydroxylation is 1. The first-order valence-corrected chi connectivity index (χ1v) is 11.6. The number of aromatic nitrogens is 4. The maximum atomic E-state index is 12.1. The van der Waals surface area contributed by atoms with Crippen LogP contribution in [0.4, 0.5) is 4.79 Å². The highest BCUT2D eigenvalue weighted by Gasteiger charge is 2.22. The summed E-state index contributed by atoms with van der Waals surface area (Å²) in [6.07, 6.45) is 6.07. The minimum absolute atomic E-state index is 0.233. The van der Waals surface area contributed by atoms with Crippen LogP contribution in [0.2, 0.25) is 0 Å². The number of aliphatic carboxylic acids is 1. The molecule has 0 aliphatic carbocycles. The summed E-state index contributed by atoms with van der Waals surface area (Å²) in [6, 6.07) is -1.90. The maximum Gasteiger partial charge on any atom is 0.407 e. The van der Waals surface area contributed by atoms with Gasteiger partial charge in [-0.25, -0.2) is 19.6 Å². The summed E-state index contributed by atoms with van der Waals surface area (Å²) < 4.78 is 6.93. The number of amides is 2. The monoisotopic (exact) mass is 494 g/mol. The number of nitrogens with one attached hydrogen (secondary N) is 3. The lowest BCUT2D eigenvalue weighted by atomic mass is 10.1. The smallest absolute Gasteiger partial charge is 0.407 e. The van der Waals surface area contributed by atoms with Crippen molar-refractivity contribution < 1.29 is 24.2 Å². The molecule has 0 aliphatic heterocycles. The number of carboxylic acid groups (broad SMARTS) is 1. The normalized spacial score (nSPS) is 12.7. The van der Waals surface area contributed by atoms with E-state index in [4.69, 9.17) is 21.3 Å². The maximum absolute atomic E-state index is 12.1. The number of hydrogen-bond donors (Lipinski definition) is 6. The molecule has 8 N–H and O–H groups in total. The number of nitrogens with two attached hydrogens (primary N) is 2. The number of H-pyrrole nitrogens is 1. The van der Waals surface area contributed by atoms with Crippen LogP contribution >= 0.6 is 0 Å². The second-order valence-corrected chi connectivity index (χ2v) is 8.04. The van der Waals surface area contributed by atoms with Crippen molar-refractivity contribution in [2.45, 2.75) is 63.6 Å². The van der Waals surface area contributed by atoms with E-state index in [0.717, 1.165) is 12.8 Å². The van der Waals surface area contributed by atoms with Crippen LogP contribution in [-0.4, -0.2) is 74.4 Å². The summed E-state index contributed by atoms with van der Waals surface area (Å²) in [5.41, 5.74) is 11.8. The molecule has 0 fully saturated rings. The Kier molecular flexibility index (Phi) is 11.6. The van der Waals surface area contributed by atoms with E-state index in [1.165, 1.54) is 6.33 Å². The molecular weight excluding hydrogens is 460 g/mol. The lowest BCUT2D eigenvalue weighted by Gasteiger charge is -2.17. The second kappa shape index (κ2) is 14.7. The van der Waals surface area contributed by atoms with Gasteiger partial charge in [0, 0.05) is 13.1 Å². The van der Waals surface area contributed by atoms with Crippen LogP contribution in [0.15, 0.2) is 17.4 Å². The Hall–Kier alpha value is -3.52. The summed E-state index contributed by atoms with van der Waals surface area (Å²) in [7, 11) is 0. The van der Waals surface area contributed by atoms with E-state index in [9.17, 15) is 19.2 Å². The average molecular weight is 495 g/mol. The quantitative estimate of drug-likeness (QED) is 0.163. The number of rotatable bonds is 16. The third-order valence-electron chi connectivity index (χ3n) is 5.29. The molecule has 2 aromatic heterocycles. The Morgan fingerprint density at radius 1 is 1.14 bits per heavy atom. The Morgan fingerprint density at radius 2 is 1.94 bits per heavy atom. The van der Waals surface area contributed by atoms with Crippen LogP contribution in [0.5, 0.6) is 0 Å². The van der Waals surface area contributed by atoms with Crippen LogP contribution in [0.1, 0.15) is 44.9 Å². The van der Waals surface area contributed by atoms with Crippen molar-refractivity contribution in [2.24, 2.45) is 11.5 Å². The number of alkyl carbamates (subject to hydrolysis) is 1. The van der Waals surface area contributed by atoms with Gasteiger partial charge in [-0.1, -0.05) is 0 Å². The number of unbranched alkanes of at least 4 members (excludes halogenated alkanes) is 2. The first-order valence-electron chi connectivity index (χ1n) is 11.6. The summed E-state index contributed by atoms with van der Waals surface area (Å²) in [4.78, 5) is 57.3. The zero-order chi connectivity index (χ0) is 25.6. The van der Waals surface area contributed by atoms with Gasteiger partial charge in [-0.3, -0.25) is 9.59 Å². The predicted molar refractivity (Wildman–Crippen MR) is 126 cm³/mol. The third kappa shape index (κ3) is 9.33. The lowest BCUT2D eigenvalue weighted by Crippen LogP contribution is -2.48. The standard InChI is InChI=1S/C21H34N8O6/c22-8-4-7-15(20(32)33)28-18(30)14(23)6-5-9-24-21(34)35-11-3-1-2-10-29-13-27-16-17(29)25-12-26-19(16)31/h12-15H,1-11,22-23H2,(H,24,34)(H,28,30)(H,32,33)(H,25,26,31)/t14-,15-/m0/s1. The van der Waals surface area contributed by atoms with Crippen molar-refractivity contribution >= 4 is 29.1 Å². The third-order valence-corrected chi connectivity index (χ3v) is 5.29. The minimum Gasteiger partial charge on any atom is -0.480 e. The van der Waals surface area contributed by atoms with Crippen molar-refractivity contribution in [1.29, 1.82) is 0 Å². The molecule has 14 nitrogen and oxygen atoms in total. The fraction of sp³-hybridized carbons (Fsp3) is 0.619. The molecule has 0 aromatic carbocycles. The van der Waals surface area contributed by atoms with Gasteiger partial charge in [0.05, 0.1) is 25.3 Å². The molecule has 0 unspecified atom stereocenters. The highest BCUT2D eigenvalue weighted by molar-refractivity contribution is 5.86. The van der Waals surface area contributed by atoms with E-state index < -0.39 is 30.1 Å². The summed E-state index contributed by atoms with van der Waals surface area (Å²) in [5, 5.41) is 14.1. The molecular formula is C21H34N8O6. The minimum atomic E-state index is -1.13. The van der Waals surface area contributed by atoms with Gasteiger partial charge >= 0.3 is 12.1 Å². The summed E-state index contributed by atoms with van der Waals surface area (Å²) in [6.45, 7) is 1.51. The topological polar surface area (TPSA) is 220 Å². The molecule has 0 saturated heterocycles. The van der Waals surface area contributed by atoms with Crippen molar-refractivity contribution in [3.8, 4) is 0 Å². The van der Waals surface area contributed by atoms with E-state index in [-0.39, 0.29) is 31.6 Å². The van der Waals surface area contributed by atoms with Crippen molar-refractivity contribution in [2.75, 3.05) is 19.7 Å². The number of nitrogens with zero attached hydrogens (tertiary/aromatic N) is 3. The number of carbonyl (C=O) groups is 3. The Bertz CT molecular complexity index is 1020. The van der Waals surface area contributed by atoms with Gasteiger partial charge in [0.1, 0.15) is 6.04 Å². The zero-order valence-corrected chi connectivity index (χ0v) is 19.6. The summed E-state index contributed by atoms with van der Waals surface area (Å²) in [5.74, 6) is -1.68. The number of hydrogen-bond acceptors (Lipinski definition) is 9. The van der Waals surface area contributed by atoms with Gasteiger partial charge in [0.25, 0.3) is 5.56 Å². The van der Waals surface area contributed by atoms with Gasteiger partial charge in [-0.2, -0.15) is 0 Å². The Morgan fingerprint density at radius 3 is 2.69 bits per heavy atom. The molecule has 2 rings (SSSR count). The first-order chi connectivity index (χ1) is 16.8. The molecule has 2 aromatic rings. The molecule has 2 heterocycles. The molecule has 194 valence electrons. The molecule has 0 radical (unpaired) electrons. The highest BCUT2D eigenvalue weighted by Crippen LogP contribution is 2.07. The molecule has 2 amide bonds. The Balaban J connectivity index is 1.53. The predicted octanol–water partition coefficient (Wildman–Crippen LogP) is -0.568. The van der Waals surface area contributed by atoms with Crippen LogP contribution < -0.4 is 27.7 Å². The number of fused-ring (bicyclic) bond motifs is 1.